The van der Waals surface area contributed by atoms with Gasteiger partial charge in [0.1, 0.15) is 0 Å². The maximum absolute atomic E-state index is 6.03. The van der Waals surface area contributed by atoms with Crippen LogP contribution in [0.5, 0.6) is 0 Å². The highest BCUT2D eigenvalue weighted by molar-refractivity contribution is 6.18. The molecule has 0 nitrogen and oxygen atoms in total. The molecule has 1 aromatic carbocycles. The average Bonchev–Trinajstić information content (AvgIpc) is 2.72. The lowest BCUT2D eigenvalue weighted by Gasteiger charge is -2.18. The van der Waals surface area contributed by atoms with Crippen molar-refractivity contribution in [2.24, 2.45) is 11.8 Å². The van der Waals surface area contributed by atoms with Gasteiger partial charge in [-0.25, -0.2) is 0 Å². The maximum atomic E-state index is 6.03. The second-order valence-corrected chi connectivity index (χ2v) is 5.63. The van der Waals surface area contributed by atoms with Crippen LogP contribution in [-0.2, 0) is 19.3 Å². The predicted molar refractivity (Wildman–Crippen MR) is 71.2 cm³/mol. The third kappa shape index (κ3) is 2.60. The van der Waals surface area contributed by atoms with Crippen LogP contribution in [0.1, 0.15) is 37.0 Å². The highest BCUT2D eigenvalue weighted by atomic mass is 35.5. The smallest absolute Gasteiger partial charge is 0.0257 e. The van der Waals surface area contributed by atoms with Crippen molar-refractivity contribution in [2.45, 2.75) is 39.5 Å². The van der Waals surface area contributed by atoms with Gasteiger partial charge < -0.3 is 0 Å². The maximum Gasteiger partial charge on any atom is 0.0257 e. The first-order chi connectivity index (χ1) is 7.70. The molecule has 1 aliphatic carbocycles. The number of benzene rings is 1. The summed E-state index contributed by atoms with van der Waals surface area (Å²) in [4.78, 5) is 0. The molecule has 16 heavy (non-hydrogen) atoms. The summed E-state index contributed by atoms with van der Waals surface area (Å²) in [5, 5.41) is 0. The van der Waals surface area contributed by atoms with Crippen LogP contribution in [0.15, 0.2) is 18.2 Å². The van der Waals surface area contributed by atoms with Gasteiger partial charge in [-0.2, -0.15) is 0 Å². The fourth-order valence-electron chi connectivity index (χ4n) is 2.52. The molecule has 0 heterocycles. The number of hydrogen-bond acceptors (Lipinski definition) is 0. The zero-order chi connectivity index (χ0) is 11.5. The molecule has 0 saturated carbocycles. The third-order valence-electron chi connectivity index (χ3n) is 3.80. The van der Waals surface area contributed by atoms with Crippen LogP contribution in [0, 0.1) is 11.8 Å². The predicted octanol–water partition coefficient (Wildman–Crippen LogP) is 4.23. The summed E-state index contributed by atoms with van der Waals surface area (Å²) in [5.41, 5.74) is 4.62. The Morgan fingerprint density at radius 1 is 1.19 bits per heavy atom. The lowest BCUT2D eigenvalue weighted by Crippen LogP contribution is -2.13. The Morgan fingerprint density at radius 3 is 2.62 bits per heavy atom. The molecule has 2 rings (SSSR count). The summed E-state index contributed by atoms with van der Waals surface area (Å²) in [5.74, 6) is 2.06. The zero-order valence-corrected chi connectivity index (χ0v) is 11.1. The molecular weight excluding hydrogens is 216 g/mol. The van der Waals surface area contributed by atoms with Gasteiger partial charge in [-0.1, -0.05) is 32.0 Å². The van der Waals surface area contributed by atoms with Crippen LogP contribution in [0.4, 0.5) is 0 Å². The van der Waals surface area contributed by atoms with E-state index in [1.165, 1.54) is 24.8 Å². The minimum absolute atomic E-state index is 0.612. The minimum atomic E-state index is 0.612. The Hall–Kier alpha value is -0.490. The van der Waals surface area contributed by atoms with Crippen molar-refractivity contribution in [3.05, 3.63) is 34.9 Å². The van der Waals surface area contributed by atoms with Crippen molar-refractivity contribution in [1.82, 2.24) is 0 Å². The van der Waals surface area contributed by atoms with Gasteiger partial charge in [-0.05, 0) is 54.2 Å². The Labute approximate surface area is 104 Å². The van der Waals surface area contributed by atoms with E-state index in [9.17, 15) is 0 Å². The van der Waals surface area contributed by atoms with Gasteiger partial charge in [0, 0.05) is 5.88 Å². The summed E-state index contributed by atoms with van der Waals surface area (Å²) < 4.78 is 0. The van der Waals surface area contributed by atoms with Crippen molar-refractivity contribution in [3.63, 3.8) is 0 Å². The molecule has 0 bridgehead atoms. The first-order valence-corrected chi connectivity index (χ1v) is 6.91. The molecule has 88 valence electrons. The average molecular weight is 237 g/mol. The van der Waals surface area contributed by atoms with Gasteiger partial charge in [0.25, 0.3) is 0 Å². The van der Waals surface area contributed by atoms with E-state index < -0.39 is 0 Å². The SMILES string of the molecule is CC(C)C(CCl)Cc1ccc2c(c1)CCC2. The quantitative estimate of drug-likeness (QED) is 0.687. The van der Waals surface area contributed by atoms with Gasteiger partial charge in [0.05, 0.1) is 0 Å². The topological polar surface area (TPSA) is 0 Å². The number of rotatable bonds is 4. The molecule has 1 aliphatic rings. The van der Waals surface area contributed by atoms with Crippen LogP contribution < -0.4 is 0 Å². The van der Waals surface area contributed by atoms with E-state index >= 15 is 0 Å². The molecule has 0 fully saturated rings. The first-order valence-electron chi connectivity index (χ1n) is 6.37. The molecule has 0 spiro atoms. The first kappa shape index (κ1) is 12.0. The largest absolute Gasteiger partial charge is 0.126 e. The van der Waals surface area contributed by atoms with E-state index in [1.54, 1.807) is 11.1 Å². The Morgan fingerprint density at radius 2 is 1.94 bits per heavy atom. The van der Waals surface area contributed by atoms with E-state index in [2.05, 4.69) is 32.0 Å². The molecular formula is C15H21Cl. The number of alkyl halides is 1. The second kappa shape index (κ2) is 5.23. The summed E-state index contributed by atoms with van der Waals surface area (Å²) in [6.07, 6.45) is 5.02. The van der Waals surface area contributed by atoms with Gasteiger partial charge in [-0.3, -0.25) is 0 Å². The van der Waals surface area contributed by atoms with Crippen LogP contribution in [0.2, 0.25) is 0 Å². The van der Waals surface area contributed by atoms with Gasteiger partial charge in [0.15, 0.2) is 0 Å². The summed E-state index contributed by atoms with van der Waals surface area (Å²) in [6, 6.07) is 7.03. The van der Waals surface area contributed by atoms with Crippen LogP contribution in [0.25, 0.3) is 0 Å². The van der Waals surface area contributed by atoms with Gasteiger partial charge >= 0.3 is 0 Å². The minimum Gasteiger partial charge on any atom is -0.126 e. The number of fused-ring (bicyclic) bond motifs is 1. The van der Waals surface area contributed by atoms with Crippen molar-refractivity contribution in [1.29, 1.82) is 0 Å². The van der Waals surface area contributed by atoms with Crippen molar-refractivity contribution in [2.75, 3.05) is 5.88 Å². The molecule has 1 atom stereocenters. The molecule has 0 aliphatic heterocycles. The molecule has 1 unspecified atom stereocenters. The fraction of sp³-hybridized carbons (Fsp3) is 0.600. The fourth-order valence-corrected chi connectivity index (χ4v) is 2.99. The zero-order valence-electron chi connectivity index (χ0n) is 10.3. The standard InChI is InChI=1S/C15H21Cl/c1-11(2)15(10-16)9-12-6-7-13-4-3-5-14(13)8-12/h6-8,11,15H,3-5,9-10H2,1-2H3. The summed E-state index contributed by atoms with van der Waals surface area (Å²) in [7, 11) is 0. The van der Waals surface area contributed by atoms with Crippen LogP contribution in [0.3, 0.4) is 0 Å². The van der Waals surface area contributed by atoms with E-state index in [4.69, 9.17) is 11.6 Å². The van der Waals surface area contributed by atoms with E-state index in [0.717, 1.165) is 12.3 Å². The number of hydrogen-bond donors (Lipinski definition) is 0. The van der Waals surface area contributed by atoms with E-state index in [-0.39, 0.29) is 0 Å². The van der Waals surface area contributed by atoms with Crippen LogP contribution >= 0.6 is 11.6 Å². The van der Waals surface area contributed by atoms with Crippen molar-refractivity contribution >= 4 is 11.6 Å². The van der Waals surface area contributed by atoms with E-state index in [1.807, 2.05) is 0 Å². The number of halogens is 1. The molecule has 0 radical (unpaired) electrons. The second-order valence-electron chi connectivity index (χ2n) is 5.32. The summed E-state index contributed by atoms with van der Waals surface area (Å²) in [6.45, 7) is 4.53. The molecule has 1 aromatic rings. The molecule has 0 amide bonds. The third-order valence-corrected chi connectivity index (χ3v) is 4.20. The molecule has 0 N–H and O–H groups in total. The van der Waals surface area contributed by atoms with Gasteiger partial charge in [-0.15, -0.1) is 11.6 Å². The molecule has 0 saturated heterocycles. The van der Waals surface area contributed by atoms with E-state index in [0.29, 0.717) is 11.8 Å². The normalized spacial score (nSPS) is 16.5. The summed E-state index contributed by atoms with van der Waals surface area (Å²) >= 11 is 6.03. The van der Waals surface area contributed by atoms with Crippen LogP contribution in [-0.4, -0.2) is 5.88 Å². The van der Waals surface area contributed by atoms with Crippen molar-refractivity contribution in [3.8, 4) is 0 Å². The Balaban J connectivity index is 2.10. The highest BCUT2D eigenvalue weighted by Crippen LogP contribution is 2.25. The number of aryl methyl sites for hydroxylation is 2. The lowest BCUT2D eigenvalue weighted by molar-refractivity contribution is 0.422. The monoisotopic (exact) mass is 236 g/mol. The Kier molecular flexibility index (Phi) is 3.91. The molecule has 0 aromatic heterocycles. The van der Waals surface area contributed by atoms with Crippen molar-refractivity contribution < 1.29 is 0 Å². The highest BCUT2D eigenvalue weighted by Gasteiger charge is 2.15. The van der Waals surface area contributed by atoms with Gasteiger partial charge in [0.2, 0.25) is 0 Å². The molecule has 1 heteroatoms. The Bertz CT molecular complexity index is 354. The lowest BCUT2D eigenvalue weighted by atomic mass is 9.90.